The summed E-state index contributed by atoms with van der Waals surface area (Å²) in [6.07, 6.45) is 6.82. The van der Waals surface area contributed by atoms with Crippen LogP contribution in [0.3, 0.4) is 0 Å². The standard InChI is InChI=1S/C17H25BrO/c1-4-13-5-8-15(9-6-13)19-17-10-7-14(18)11-16(17)12(2)3/h7,10-13,15H,4-6,8-9H2,1-3H3. The summed E-state index contributed by atoms with van der Waals surface area (Å²) >= 11 is 3.55. The van der Waals surface area contributed by atoms with Gasteiger partial charge in [0.1, 0.15) is 5.75 Å². The van der Waals surface area contributed by atoms with Crippen molar-refractivity contribution in [1.29, 1.82) is 0 Å². The third-order valence-corrected chi connectivity index (χ3v) is 4.75. The Morgan fingerprint density at radius 1 is 1.21 bits per heavy atom. The predicted octanol–water partition coefficient (Wildman–Crippen LogP) is 5.92. The summed E-state index contributed by atoms with van der Waals surface area (Å²) in [7, 11) is 0. The third-order valence-electron chi connectivity index (χ3n) is 4.26. The molecule has 2 heteroatoms. The van der Waals surface area contributed by atoms with E-state index in [4.69, 9.17) is 4.74 Å². The Bertz CT molecular complexity index is 406. The molecule has 0 saturated heterocycles. The summed E-state index contributed by atoms with van der Waals surface area (Å²) in [4.78, 5) is 0. The van der Waals surface area contributed by atoms with Gasteiger partial charge in [0.05, 0.1) is 6.10 Å². The van der Waals surface area contributed by atoms with Crippen molar-refractivity contribution in [3.63, 3.8) is 0 Å². The first kappa shape index (κ1) is 14.9. The van der Waals surface area contributed by atoms with Crippen molar-refractivity contribution in [2.45, 2.75) is 64.9 Å². The molecule has 1 aliphatic rings. The van der Waals surface area contributed by atoms with Crippen molar-refractivity contribution in [2.75, 3.05) is 0 Å². The molecule has 1 nitrogen and oxygen atoms in total. The van der Waals surface area contributed by atoms with Crippen molar-refractivity contribution in [1.82, 2.24) is 0 Å². The van der Waals surface area contributed by atoms with Crippen LogP contribution in [0.4, 0.5) is 0 Å². The van der Waals surface area contributed by atoms with Crippen LogP contribution >= 0.6 is 15.9 Å². The summed E-state index contributed by atoms with van der Waals surface area (Å²) in [5, 5.41) is 0. The van der Waals surface area contributed by atoms with E-state index in [1.807, 2.05) is 0 Å². The van der Waals surface area contributed by atoms with Crippen LogP contribution in [0.1, 0.15) is 64.4 Å². The smallest absolute Gasteiger partial charge is 0.123 e. The molecule has 0 aliphatic heterocycles. The highest BCUT2D eigenvalue weighted by Crippen LogP contribution is 2.34. The lowest BCUT2D eigenvalue weighted by atomic mass is 9.86. The molecule has 1 fully saturated rings. The molecule has 2 rings (SSSR count). The van der Waals surface area contributed by atoms with Gasteiger partial charge in [-0.05, 0) is 61.3 Å². The van der Waals surface area contributed by atoms with Crippen LogP contribution in [0.15, 0.2) is 22.7 Å². The van der Waals surface area contributed by atoms with Gasteiger partial charge in [-0.15, -0.1) is 0 Å². The minimum absolute atomic E-state index is 0.418. The van der Waals surface area contributed by atoms with Gasteiger partial charge in [-0.25, -0.2) is 0 Å². The lowest BCUT2D eigenvalue weighted by molar-refractivity contribution is 0.128. The largest absolute Gasteiger partial charge is 0.490 e. The van der Waals surface area contributed by atoms with Gasteiger partial charge in [-0.1, -0.05) is 43.1 Å². The van der Waals surface area contributed by atoms with Crippen LogP contribution in [-0.4, -0.2) is 6.10 Å². The van der Waals surface area contributed by atoms with E-state index >= 15 is 0 Å². The normalized spacial score (nSPS) is 23.6. The highest BCUT2D eigenvalue weighted by atomic mass is 79.9. The second-order valence-electron chi connectivity index (χ2n) is 6.01. The fraction of sp³-hybridized carbons (Fsp3) is 0.647. The molecule has 0 unspecified atom stereocenters. The third kappa shape index (κ3) is 3.98. The number of hydrogen-bond acceptors (Lipinski definition) is 1. The highest BCUT2D eigenvalue weighted by Gasteiger charge is 2.22. The zero-order chi connectivity index (χ0) is 13.8. The first-order valence-corrected chi connectivity index (χ1v) is 8.35. The van der Waals surface area contributed by atoms with E-state index < -0.39 is 0 Å². The molecule has 19 heavy (non-hydrogen) atoms. The second-order valence-corrected chi connectivity index (χ2v) is 6.92. The van der Waals surface area contributed by atoms with Gasteiger partial charge in [0.15, 0.2) is 0 Å². The Labute approximate surface area is 125 Å². The molecule has 1 aromatic rings. The van der Waals surface area contributed by atoms with Crippen LogP contribution in [-0.2, 0) is 0 Å². The Balaban J connectivity index is 2.03. The number of halogens is 1. The van der Waals surface area contributed by atoms with Gasteiger partial charge in [0.25, 0.3) is 0 Å². The molecule has 0 spiro atoms. The summed E-state index contributed by atoms with van der Waals surface area (Å²) < 4.78 is 7.41. The zero-order valence-corrected chi connectivity index (χ0v) is 13.9. The average molecular weight is 325 g/mol. The van der Waals surface area contributed by atoms with Gasteiger partial charge >= 0.3 is 0 Å². The maximum Gasteiger partial charge on any atom is 0.123 e. The van der Waals surface area contributed by atoms with Gasteiger partial charge in [-0.3, -0.25) is 0 Å². The first-order valence-electron chi connectivity index (χ1n) is 7.56. The second kappa shape index (κ2) is 6.78. The first-order chi connectivity index (χ1) is 9.10. The fourth-order valence-electron chi connectivity index (χ4n) is 2.92. The molecule has 1 saturated carbocycles. The maximum atomic E-state index is 6.27. The van der Waals surface area contributed by atoms with Gasteiger partial charge in [-0.2, -0.15) is 0 Å². The molecule has 0 atom stereocenters. The van der Waals surface area contributed by atoms with E-state index in [2.05, 4.69) is 54.9 Å². The number of hydrogen-bond donors (Lipinski definition) is 0. The predicted molar refractivity (Wildman–Crippen MR) is 84.9 cm³/mol. The molecule has 1 aliphatic carbocycles. The molecule has 106 valence electrons. The molecular formula is C17H25BrO. The molecule has 0 N–H and O–H groups in total. The molecule has 0 bridgehead atoms. The van der Waals surface area contributed by atoms with E-state index in [1.165, 1.54) is 37.7 Å². The quantitative estimate of drug-likeness (QED) is 0.667. The monoisotopic (exact) mass is 324 g/mol. The van der Waals surface area contributed by atoms with Crippen LogP contribution in [0, 0.1) is 5.92 Å². The topological polar surface area (TPSA) is 9.23 Å². The summed E-state index contributed by atoms with van der Waals surface area (Å²) in [5.74, 6) is 2.51. The van der Waals surface area contributed by atoms with Crippen molar-refractivity contribution < 1.29 is 4.74 Å². The summed E-state index contributed by atoms with van der Waals surface area (Å²) in [6, 6.07) is 6.39. The van der Waals surface area contributed by atoms with E-state index in [0.29, 0.717) is 12.0 Å². The van der Waals surface area contributed by atoms with Crippen LogP contribution in [0.5, 0.6) is 5.75 Å². The van der Waals surface area contributed by atoms with E-state index in [1.54, 1.807) is 0 Å². The van der Waals surface area contributed by atoms with Crippen molar-refractivity contribution in [3.8, 4) is 5.75 Å². The highest BCUT2D eigenvalue weighted by molar-refractivity contribution is 9.10. The van der Waals surface area contributed by atoms with E-state index in [-0.39, 0.29) is 0 Å². The Kier molecular flexibility index (Phi) is 5.32. The Hall–Kier alpha value is -0.500. The zero-order valence-electron chi connectivity index (χ0n) is 12.3. The lowest BCUT2D eigenvalue weighted by Gasteiger charge is -2.29. The molecule has 0 amide bonds. The minimum atomic E-state index is 0.418. The van der Waals surface area contributed by atoms with Crippen molar-refractivity contribution in [2.24, 2.45) is 5.92 Å². The summed E-state index contributed by atoms with van der Waals surface area (Å²) in [5.41, 5.74) is 1.31. The lowest BCUT2D eigenvalue weighted by Crippen LogP contribution is -2.24. The summed E-state index contributed by atoms with van der Waals surface area (Å²) in [6.45, 7) is 6.75. The van der Waals surface area contributed by atoms with Crippen molar-refractivity contribution in [3.05, 3.63) is 28.2 Å². The van der Waals surface area contributed by atoms with E-state index in [9.17, 15) is 0 Å². The van der Waals surface area contributed by atoms with Crippen LogP contribution in [0.25, 0.3) is 0 Å². The van der Waals surface area contributed by atoms with Gasteiger partial charge in [0.2, 0.25) is 0 Å². The minimum Gasteiger partial charge on any atom is -0.490 e. The Morgan fingerprint density at radius 2 is 1.89 bits per heavy atom. The molecule has 0 radical (unpaired) electrons. The van der Waals surface area contributed by atoms with Gasteiger partial charge in [0, 0.05) is 4.47 Å². The number of ether oxygens (including phenoxy) is 1. The molecular weight excluding hydrogens is 300 g/mol. The SMILES string of the molecule is CCC1CCC(Oc2ccc(Br)cc2C(C)C)CC1. The molecule has 0 heterocycles. The van der Waals surface area contributed by atoms with Gasteiger partial charge < -0.3 is 4.74 Å². The number of rotatable bonds is 4. The van der Waals surface area contributed by atoms with Crippen molar-refractivity contribution >= 4 is 15.9 Å². The molecule has 0 aromatic heterocycles. The fourth-order valence-corrected chi connectivity index (χ4v) is 3.29. The van der Waals surface area contributed by atoms with E-state index in [0.717, 1.165) is 16.1 Å². The Morgan fingerprint density at radius 3 is 2.47 bits per heavy atom. The average Bonchev–Trinajstić information content (AvgIpc) is 2.41. The van der Waals surface area contributed by atoms with Crippen LogP contribution < -0.4 is 4.74 Å². The molecule has 1 aromatic carbocycles. The number of benzene rings is 1. The maximum absolute atomic E-state index is 6.27. The van der Waals surface area contributed by atoms with Crippen LogP contribution in [0.2, 0.25) is 0 Å².